The largest absolute Gasteiger partial charge is 0.471 e. The van der Waals surface area contributed by atoms with Gasteiger partial charge >= 0.3 is 18.1 Å². The summed E-state index contributed by atoms with van der Waals surface area (Å²) in [5.41, 5.74) is 0. The van der Waals surface area contributed by atoms with Crippen molar-refractivity contribution < 1.29 is 41.7 Å². The Bertz CT molecular complexity index is 388. The molecule has 1 rings (SSSR count). The quantitative estimate of drug-likeness (QED) is 0.556. The van der Waals surface area contributed by atoms with E-state index >= 15 is 0 Å². The van der Waals surface area contributed by atoms with Crippen LogP contribution in [0.4, 0.5) is 17.6 Å². The standard InChI is InChI=1S/C10H13F4NO5/c1-3-6(15-9(18)10(12,13)14)7(20-4(2)16)5(11)8(17)19-3/h3,5-8,17H,1-2H3,(H,15,18)/t3-,5-,6-,7-,8+/m1/s1. The van der Waals surface area contributed by atoms with Crippen molar-refractivity contribution in [2.75, 3.05) is 0 Å². The minimum absolute atomic E-state index is 0.919. The molecular formula is C10H13F4NO5. The summed E-state index contributed by atoms with van der Waals surface area (Å²) in [6, 6.07) is -1.58. The maximum Gasteiger partial charge on any atom is 0.471 e. The number of esters is 1. The van der Waals surface area contributed by atoms with Crippen molar-refractivity contribution in [2.24, 2.45) is 0 Å². The van der Waals surface area contributed by atoms with E-state index in [1.807, 2.05) is 0 Å². The summed E-state index contributed by atoms with van der Waals surface area (Å²) < 4.78 is 59.4. The molecular weight excluding hydrogens is 290 g/mol. The van der Waals surface area contributed by atoms with E-state index in [0.717, 1.165) is 6.92 Å². The highest BCUT2D eigenvalue weighted by Gasteiger charge is 2.50. The van der Waals surface area contributed by atoms with E-state index in [1.165, 1.54) is 12.2 Å². The zero-order valence-corrected chi connectivity index (χ0v) is 10.5. The molecule has 2 N–H and O–H groups in total. The lowest BCUT2D eigenvalue weighted by Crippen LogP contribution is -2.63. The molecule has 0 aliphatic carbocycles. The van der Waals surface area contributed by atoms with Crippen molar-refractivity contribution in [1.29, 1.82) is 0 Å². The lowest BCUT2D eigenvalue weighted by Gasteiger charge is -2.40. The van der Waals surface area contributed by atoms with Gasteiger partial charge in [-0.2, -0.15) is 13.2 Å². The Morgan fingerprint density at radius 1 is 1.35 bits per heavy atom. The predicted molar refractivity (Wildman–Crippen MR) is 55.0 cm³/mol. The lowest BCUT2D eigenvalue weighted by atomic mass is 9.97. The van der Waals surface area contributed by atoms with E-state index < -0.39 is 48.8 Å². The summed E-state index contributed by atoms with van der Waals surface area (Å²) >= 11 is 0. The Hall–Kier alpha value is -1.42. The molecule has 0 aromatic rings. The van der Waals surface area contributed by atoms with E-state index in [9.17, 15) is 32.3 Å². The number of rotatable bonds is 2. The first-order valence-electron chi connectivity index (χ1n) is 5.56. The summed E-state index contributed by atoms with van der Waals surface area (Å²) in [6.07, 6.45) is -12.4. The van der Waals surface area contributed by atoms with Gasteiger partial charge < -0.3 is 19.9 Å². The van der Waals surface area contributed by atoms with Crippen molar-refractivity contribution in [3.05, 3.63) is 0 Å². The predicted octanol–water partition coefficient (Wildman–Crippen LogP) is 0.0404. The fourth-order valence-electron chi connectivity index (χ4n) is 1.77. The number of carbonyl (C=O) groups excluding carboxylic acids is 2. The van der Waals surface area contributed by atoms with E-state index in [0.29, 0.717) is 0 Å². The molecule has 10 heteroatoms. The van der Waals surface area contributed by atoms with Crippen LogP contribution in [0.1, 0.15) is 13.8 Å². The number of ether oxygens (including phenoxy) is 2. The van der Waals surface area contributed by atoms with Crippen molar-refractivity contribution in [1.82, 2.24) is 5.32 Å². The summed E-state index contributed by atoms with van der Waals surface area (Å²) in [5.74, 6) is -3.29. The van der Waals surface area contributed by atoms with Crippen molar-refractivity contribution in [3.63, 3.8) is 0 Å². The second-order valence-corrected chi connectivity index (χ2v) is 4.25. The van der Waals surface area contributed by atoms with Gasteiger partial charge in [-0.25, -0.2) is 4.39 Å². The van der Waals surface area contributed by atoms with Crippen LogP contribution in [0.25, 0.3) is 0 Å². The third-order valence-corrected chi connectivity index (χ3v) is 2.66. The zero-order valence-electron chi connectivity index (χ0n) is 10.5. The van der Waals surface area contributed by atoms with Crippen LogP contribution in [-0.2, 0) is 19.1 Å². The first-order chi connectivity index (χ1) is 9.04. The summed E-state index contributed by atoms with van der Waals surface area (Å²) in [6.45, 7) is 2.12. The maximum atomic E-state index is 13.7. The molecule has 1 saturated heterocycles. The van der Waals surface area contributed by atoms with Crippen molar-refractivity contribution >= 4 is 11.9 Å². The Labute approximate surface area is 111 Å². The van der Waals surface area contributed by atoms with Crippen LogP contribution in [0.2, 0.25) is 0 Å². The summed E-state index contributed by atoms with van der Waals surface area (Å²) in [4.78, 5) is 21.7. The number of alkyl halides is 4. The molecule has 1 fully saturated rings. The fourth-order valence-corrected chi connectivity index (χ4v) is 1.77. The lowest BCUT2D eigenvalue weighted by molar-refractivity contribution is -0.242. The molecule has 1 amide bonds. The molecule has 5 atom stereocenters. The van der Waals surface area contributed by atoms with Crippen LogP contribution < -0.4 is 5.32 Å². The monoisotopic (exact) mass is 303 g/mol. The Morgan fingerprint density at radius 3 is 2.35 bits per heavy atom. The molecule has 0 aromatic carbocycles. The third kappa shape index (κ3) is 3.79. The van der Waals surface area contributed by atoms with Crippen molar-refractivity contribution in [2.45, 2.75) is 50.7 Å². The van der Waals surface area contributed by atoms with Gasteiger partial charge in [0.25, 0.3) is 0 Å². The van der Waals surface area contributed by atoms with Crippen LogP contribution in [-0.4, -0.2) is 53.9 Å². The highest BCUT2D eigenvalue weighted by Crippen LogP contribution is 2.26. The highest BCUT2D eigenvalue weighted by molar-refractivity contribution is 5.82. The second-order valence-electron chi connectivity index (χ2n) is 4.25. The first-order valence-corrected chi connectivity index (χ1v) is 5.56. The SMILES string of the molecule is CC(=O)O[C@@H]1[C@@H](F)[C@@H](O)O[C@H](C)[C@H]1NC(=O)C(F)(F)F. The molecule has 0 bridgehead atoms. The summed E-state index contributed by atoms with van der Waals surface area (Å²) in [7, 11) is 0. The molecule has 0 unspecified atom stereocenters. The third-order valence-electron chi connectivity index (χ3n) is 2.66. The Balaban J connectivity index is 2.92. The molecule has 0 spiro atoms. The van der Waals surface area contributed by atoms with Gasteiger partial charge in [0.15, 0.2) is 18.6 Å². The molecule has 1 heterocycles. The van der Waals surface area contributed by atoms with Crippen LogP contribution in [0.5, 0.6) is 0 Å². The Kier molecular flexibility index (Phi) is 4.92. The summed E-state index contributed by atoms with van der Waals surface area (Å²) in [5, 5.41) is 10.7. The minimum atomic E-state index is -5.18. The van der Waals surface area contributed by atoms with Gasteiger partial charge in [-0.3, -0.25) is 9.59 Å². The van der Waals surface area contributed by atoms with Gasteiger partial charge in [-0.1, -0.05) is 0 Å². The topological polar surface area (TPSA) is 84.9 Å². The zero-order chi connectivity index (χ0) is 15.7. The van der Waals surface area contributed by atoms with Crippen LogP contribution >= 0.6 is 0 Å². The fraction of sp³-hybridized carbons (Fsp3) is 0.800. The number of nitrogens with one attached hydrogen (secondary N) is 1. The van der Waals surface area contributed by atoms with Crippen molar-refractivity contribution in [3.8, 4) is 0 Å². The average molecular weight is 303 g/mol. The van der Waals surface area contributed by atoms with Gasteiger partial charge in [0.05, 0.1) is 12.1 Å². The normalized spacial score (nSPS) is 34.5. The average Bonchev–Trinajstić information content (AvgIpc) is 2.28. The molecule has 116 valence electrons. The Morgan fingerprint density at radius 2 is 1.90 bits per heavy atom. The number of hydrogen-bond donors (Lipinski definition) is 2. The van der Waals surface area contributed by atoms with Crippen LogP contribution in [0, 0.1) is 0 Å². The molecule has 20 heavy (non-hydrogen) atoms. The van der Waals surface area contributed by atoms with Gasteiger partial charge in [0.1, 0.15) is 0 Å². The van der Waals surface area contributed by atoms with Crippen LogP contribution in [0.3, 0.4) is 0 Å². The molecule has 0 radical (unpaired) electrons. The second kappa shape index (κ2) is 5.92. The number of aliphatic hydroxyl groups excluding tert-OH is 1. The van der Waals surface area contributed by atoms with Gasteiger partial charge in [0, 0.05) is 6.92 Å². The molecule has 1 aliphatic rings. The van der Waals surface area contributed by atoms with Crippen LogP contribution in [0.15, 0.2) is 0 Å². The molecule has 6 nitrogen and oxygen atoms in total. The van der Waals surface area contributed by atoms with E-state index in [2.05, 4.69) is 9.47 Å². The number of amides is 1. The minimum Gasteiger partial charge on any atom is -0.457 e. The van der Waals surface area contributed by atoms with E-state index in [-0.39, 0.29) is 0 Å². The highest BCUT2D eigenvalue weighted by atomic mass is 19.4. The number of carbonyl (C=O) groups is 2. The molecule has 0 saturated carbocycles. The van der Waals surface area contributed by atoms with E-state index in [1.54, 1.807) is 0 Å². The van der Waals surface area contributed by atoms with E-state index in [4.69, 9.17) is 0 Å². The maximum absolute atomic E-state index is 13.7. The number of halogens is 4. The smallest absolute Gasteiger partial charge is 0.457 e. The number of aliphatic hydroxyl groups is 1. The molecule has 1 aliphatic heterocycles. The molecule has 0 aromatic heterocycles. The van der Waals surface area contributed by atoms with Gasteiger partial charge in [-0.15, -0.1) is 0 Å². The number of hydrogen-bond acceptors (Lipinski definition) is 5. The first kappa shape index (κ1) is 16.6. The van der Waals surface area contributed by atoms with Gasteiger partial charge in [0.2, 0.25) is 0 Å². The van der Waals surface area contributed by atoms with Gasteiger partial charge in [-0.05, 0) is 6.92 Å².